The van der Waals surface area contributed by atoms with Gasteiger partial charge in [-0.05, 0) is 37.1 Å². The number of nitrogens with two attached hydrogens (primary N) is 1. The van der Waals surface area contributed by atoms with Gasteiger partial charge in [0.15, 0.2) is 0 Å². The van der Waals surface area contributed by atoms with E-state index in [0.29, 0.717) is 12.8 Å². The number of carbonyl (C=O) groups excluding carboxylic acids is 1. The molecule has 5 nitrogen and oxygen atoms in total. The van der Waals surface area contributed by atoms with Gasteiger partial charge < -0.3 is 15.2 Å². The topological polar surface area (TPSA) is 74.4 Å². The third kappa shape index (κ3) is 2.56. The number of pyridine rings is 1. The van der Waals surface area contributed by atoms with Gasteiger partial charge in [0.05, 0.1) is 12.6 Å². The summed E-state index contributed by atoms with van der Waals surface area (Å²) < 4.78 is 10.8. The number of hydrogen-bond acceptors (Lipinski definition) is 5. The number of esters is 1. The van der Waals surface area contributed by atoms with E-state index >= 15 is 0 Å². The summed E-state index contributed by atoms with van der Waals surface area (Å²) in [6.45, 7) is 0. The predicted molar refractivity (Wildman–Crippen MR) is 78.9 cm³/mol. The van der Waals surface area contributed by atoms with Gasteiger partial charge in [0.2, 0.25) is 0 Å². The number of rotatable bonds is 3. The monoisotopic (exact) mass is 286 g/mol. The second-order valence-electron chi connectivity index (χ2n) is 5.46. The number of methoxy groups -OCH3 is 1. The maximum atomic E-state index is 11.7. The van der Waals surface area contributed by atoms with Gasteiger partial charge >= 0.3 is 5.97 Å². The average molecular weight is 286 g/mol. The smallest absolute Gasteiger partial charge is 0.325 e. The summed E-state index contributed by atoms with van der Waals surface area (Å²) in [6.07, 6.45) is 3.45. The van der Waals surface area contributed by atoms with Crippen molar-refractivity contribution in [3.05, 3.63) is 36.5 Å². The minimum Gasteiger partial charge on any atom is -0.490 e. The Morgan fingerprint density at radius 1 is 1.38 bits per heavy atom. The summed E-state index contributed by atoms with van der Waals surface area (Å²) in [6, 6.07) is 9.63. The normalized spacial score (nSPS) is 25.0. The summed E-state index contributed by atoms with van der Waals surface area (Å²) in [5.74, 6) is 0.410. The Labute approximate surface area is 123 Å². The third-order valence-corrected chi connectivity index (χ3v) is 4.00. The van der Waals surface area contributed by atoms with Crippen LogP contribution in [0.3, 0.4) is 0 Å². The lowest BCUT2D eigenvalue weighted by atomic mass is 10.00. The van der Waals surface area contributed by atoms with E-state index in [1.807, 2.05) is 30.3 Å². The Morgan fingerprint density at radius 2 is 2.24 bits per heavy atom. The largest absolute Gasteiger partial charge is 0.490 e. The molecule has 2 N–H and O–H groups in total. The molecule has 1 aromatic heterocycles. The van der Waals surface area contributed by atoms with Gasteiger partial charge in [-0.25, -0.2) is 0 Å². The Kier molecular flexibility index (Phi) is 3.51. The predicted octanol–water partition coefficient (Wildman–Crippen LogP) is 2.04. The van der Waals surface area contributed by atoms with Crippen molar-refractivity contribution < 1.29 is 14.3 Å². The molecule has 2 aromatic rings. The number of ether oxygens (including phenoxy) is 2. The van der Waals surface area contributed by atoms with Gasteiger partial charge in [-0.1, -0.05) is 6.07 Å². The van der Waals surface area contributed by atoms with Gasteiger partial charge in [0, 0.05) is 18.0 Å². The molecule has 3 rings (SSSR count). The molecule has 2 atom stereocenters. The first-order valence-corrected chi connectivity index (χ1v) is 7.00. The minimum atomic E-state index is -0.928. The molecule has 1 heterocycles. The van der Waals surface area contributed by atoms with Gasteiger partial charge in [-0.3, -0.25) is 9.78 Å². The zero-order chi connectivity index (χ0) is 14.9. The molecule has 0 spiro atoms. The number of aromatic nitrogens is 1. The van der Waals surface area contributed by atoms with Crippen molar-refractivity contribution in [2.45, 2.75) is 30.9 Å². The van der Waals surface area contributed by atoms with E-state index in [-0.39, 0.29) is 12.1 Å². The Morgan fingerprint density at radius 3 is 3.05 bits per heavy atom. The molecule has 110 valence electrons. The fourth-order valence-electron chi connectivity index (χ4n) is 2.88. The van der Waals surface area contributed by atoms with E-state index in [2.05, 4.69) is 4.98 Å². The molecule has 0 radical (unpaired) electrons. The van der Waals surface area contributed by atoms with Crippen LogP contribution in [0.25, 0.3) is 10.9 Å². The van der Waals surface area contributed by atoms with E-state index in [0.717, 1.165) is 23.1 Å². The van der Waals surface area contributed by atoms with E-state index in [4.69, 9.17) is 15.2 Å². The molecule has 0 saturated heterocycles. The molecular formula is C16H18N2O3. The summed E-state index contributed by atoms with van der Waals surface area (Å²) in [4.78, 5) is 16.0. The van der Waals surface area contributed by atoms with Crippen LogP contribution in [0.2, 0.25) is 0 Å². The van der Waals surface area contributed by atoms with Gasteiger partial charge in [0.1, 0.15) is 17.4 Å². The summed E-state index contributed by atoms with van der Waals surface area (Å²) in [5.41, 5.74) is 6.06. The number of benzene rings is 1. The van der Waals surface area contributed by atoms with E-state index < -0.39 is 5.54 Å². The van der Waals surface area contributed by atoms with Crippen LogP contribution in [0.15, 0.2) is 36.5 Å². The fraction of sp³-hybridized carbons (Fsp3) is 0.375. The van der Waals surface area contributed by atoms with E-state index in [1.54, 1.807) is 6.20 Å². The molecule has 21 heavy (non-hydrogen) atoms. The molecule has 1 saturated carbocycles. The third-order valence-electron chi connectivity index (χ3n) is 4.00. The van der Waals surface area contributed by atoms with Crippen LogP contribution in [0.4, 0.5) is 0 Å². The van der Waals surface area contributed by atoms with E-state index in [1.165, 1.54) is 7.11 Å². The standard InChI is InChI=1S/C16H18N2O3/c1-20-15(19)16(17)8-7-11(10-16)21-14-6-2-5-13-12(14)4-3-9-18-13/h2-6,9,11H,7-8,10,17H2,1H3. The SMILES string of the molecule is COC(=O)C1(N)CCC(Oc2cccc3ncccc23)C1. The highest BCUT2D eigenvalue weighted by atomic mass is 16.5. The number of nitrogens with zero attached hydrogens (tertiary/aromatic N) is 1. The summed E-state index contributed by atoms with van der Waals surface area (Å²) >= 11 is 0. The molecule has 2 unspecified atom stereocenters. The first-order valence-electron chi connectivity index (χ1n) is 7.00. The van der Waals surface area contributed by atoms with Crippen molar-refractivity contribution in [2.24, 2.45) is 5.73 Å². The van der Waals surface area contributed by atoms with Crippen molar-refractivity contribution in [2.75, 3.05) is 7.11 Å². The first kappa shape index (κ1) is 13.8. The Hall–Kier alpha value is -2.14. The molecule has 0 amide bonds. The highest BCUT2D eigenvalue weighted by Gasteiger charge is 2.44. The van der Waals surface area contributed by atoms with Crippen molar-refractivity contribution in [3.63, 3.8) is 0 Å². The van der Waals surface area contributed by atoms with Gasteiger partial charge in [-0.2, -0.15) is 0 Å². The van der Waals surface area contributed by atoms with Crippen molar-refractivity contribution in [1.29, 1.82) is 0 Å². The van der Waals surface area contributed by atoms with Crippen LogP contribution in [0, 0.1) is 0 Å². The van der Waals surface area contributed by atoms with Gasteiger partial charge in [-0.15, -0.1) is 0 Å². The highest BCUT2D eigenvalue weighted by molar-refractivity contribution is 5.85. The number of fused-ring (bicyclic) bond motifs is 1. The lowest BCUT2D eigenvalue weighted by Crippen LogP contribution is -2.47. The fourth-order valence-corrected chi connectivity index (χ4v) is 2.88. The van der Waals surface area contributed by atoms with Crippen molar-refractivity contribution in [3.8, 4) is 5.75 Å². The Bertz CT molecular complexity index is 668. The molecule has 1 aromatic carbocycles. The second-order valence-corrected chi connectivity index (χ2v) is 5.46. The minimum absolute atomic E-state index is 0.0834. The molecule has 0 aliphatic heterocycles. The molecular weight excluding hydrogens is 268 g/mol. The van der Waals surface area contributed by atoms with Crippen LogP contribution >= 0.6 is 0 Å². The maximum absolute atomic E-state index is 11.7. The van der Waals surface area contributed by atoms with Crippen LogP contribution in [-0.4, -0.2) is 29.7 Å². The van der Waals surface area contributed by atoms with Gasteiger partial charge in [0.25, 0.3) is 0 Å². The molecule has 1 aliphatic rings. The zero-order valence-corrected chi connectivity index (χ0v) is 11.9. The van der Waals surface area contributed by atoms with Crippen molar-refractivity contribution >= 4 is 16.9 Å². The van der Waals surface area contributed by atoms with Crippen LogP contribution in [0.1, 0.15) is 19.3 Å². The van der Waals surface area contributed by atoms with E-state index in [9.17, 15) is 4.79 Å². The first-order chi connectivity index (χ1) is 10.1. The molecule has 1 fully saturated rings. The molecule has 0 bridgehead atoms. The number of carbonyl (C=O) groups is 1. The second kappa shape index (κ2) is 5.33. The summed E-state index contributed by atoms with van der Waals surface area (Å²) in [5, 5.41) is 0.965. The highest BCUT2D eigenvalue weighted by Crippen LogP contribution is 2.34. The maximum Gasteiger partial charge on any atom is 0.325 e. The van der Waals surface area contributed by atoms with Crippen molar-refractivity contribution in [1.82, 2.24) is 4.98 Å². The quantitative estimate of drug-likeness (QED) is 0.874. The number of hydrogen-bond donors (Lipinski definition) is 1. The lowest BCUT2D eigenvalue weighted by molar-refractivity contribution is -0.147. The summed E-state index contributed by atoms with van der Waals surface area (Å²) in [7, 11) is 1.36. The molecule has 1 aliphatic carbocycles. The van der Waals surface area contributed by atoms with Crippen LogP contribution in [0.5, 0.6) is 5.75 Å². The van der Waals surface area contributed by atoms with Crippen LogP contribution in [-0.2, 0) is 9.53 Å². The lowest BCUT2D eigenvalue weighted by Gasteiger charge is -2.21. The Balaban J connectivity index is 1.80. The zero-order valence-electron chi connectivity index (χ0n) is 11.9. The average Bonchev–Trinajstić information content (AvgIpc) is 2.89. The van der Waals surface area contributed by atoms with Crippen LogP contribution < -0.4 is 10.5 Å². The molecule has 5 heteroatoms.